The van der Waals surface area contributed by atoms with Crippen molar-refractivity contribution >= 4 is 0 Å². The van der Waals surface area contributed by atoms with Crippen LogP contribution in [0, 0.1) is 6.92 Å². The molecule has 5 heteroatoms. The number of aromatic nitrogens is 2. The summed E-state index contributed by atoms with van der Waals surface area (Å²) < 4.78 is 16.4. The van der Waals surface area contributed by atoms with Crippen LogP contribution in [0.1, 0.15) is 11.5 Å². The molecular weight excluding hydrogens is 292 g/mol. The van der Waals surface area contributed by atoms with Gasteiger partial charge in [0.1, 0.15) is 11.5 Å². The molecule has 0 amide bonds. The van der Waals surface area contributed by atoms with Crippen molar-refractivity contribution in [1.82, 2.24) is 10.2 Å². The maximum absolute atomic E-state index is 5.66. The SMILES string of the molecule is COc1ccc(OCCc2nnc(-c3ccc(C)cc3)o2)cc1. The fourth-order valence-corrected chi connectivity index (χ4v) is 2.10. The zero-order valence-electron chi connectivity index (χ0n) is 13.2. The number of rotatable bonds is 6. The van der Waals surface area contributed by atoms with Crippen LogP contribution in [0.15, 0.2) is 52.9 Å². The fraction of sp³-hybridized carbons (Fsp3) is 0.222. The molecule has 0 aliphatic heterocycles. The lowest BCUT2D eigenvalue weighted by Gasteiger charge is -2.05. The molecule has 0 atom stereocenters. The predicted molar refractivity (Wildman–Crippen MR) is 86.7 cm³/mol. The summed E-state index contributed by atoms with van der Waals surface area (Å²) in [6.45, 7) is 2.52. The highest BCUT2D eigenvalue weighted by Gasteiger charge is 2.08. The smallest absolute Gasteiger partial charge is 0.247 e. The van der Waals surface area contributed by atoms with Gasteiger partial charge in [0.2, 0.25) is 11.8 Å². The van der Waals surface area contributed by atoms with Crippen molar-refractivity contribution in [3.05, 3.63) is 60.0 Å². The monoisotopic (exact) mass is 310 g/mol. The standard InChI is InChI=1S/C18H18N2O3/c1-13-3-5-14(6-4-13)18-20-19-17(23-18)11-12-22-16-9-7-15(21-2)8-10-16/h3-10H,11-12H2,1-2H3. The van der Waals surface area contributed by atoms with Crippen LogP contribution in [0.5, 0.6) is 11.5 Å². The van der Waals surface area contributed by atoms with Crippen molar-refractivity contribution in [2.75, 3.05) is 13.7 Å². The minimum atomic E-state index is 0.474. The van der Waals surface area contributed by atoms with Crippen LogP contribution in [0.3, 0.4) is 0 Å². The number of hydrogen-bond donors (Lipinski definition) is 0. The van der Waals surface area contributed by atoms with Crippen molar-refractivity contribution in [2.45, 2.75) is 13.3 Å². The van der Waals surface area contributed by atoms with Gasteiger partial charge in [0.05, 0.1) is 20.1 Å². The highest BCUT2D eigenvalue weighted by atomic mass is 16.5. The van der Waals surface area contributed by atoms with E-state index in [1.54, 1.807) is 7.11 Å². The van der Waals surface area contributed by atoms with Gasteiger partial charge < -0.3 is 13.9 Å². The number of ether oxygens (including phenoxy) is 2. The topological polar surface area (TPSA) is 57.4 Å². The van der Waals surface area contributed by atoms with Gasteiger partial charge in [-0.15, -0.1) is 10.2 Å². The third-order valence-corrected chi connectivity index (χ3v) is 3.41. The average Bonchev–Trinajstić information content (AvgIpc) is 3.05. The Labute approximate surface area is 134 Å². The van der Waals surface area contributed by atoms with E-state index in [1.807, 2.05) is 55.5 Å². The third kappa shape index (κ3) is 3.88. The molecule has 0 spiro atoms. The van der Waals surface area contributed by atoms with Crippen molar-refractivity contribution in [3.63, 3.8) is 0 Å². The van der Waals surface area contributed by atoms with Gasteiger partial charge in [-0.1, -0.05) is 17.7 Å². The Bertz CT molecular complexity index is 749. The van der Waals surface area contributed by atoms with E-state index in [1.165, 1.54) is 5.56 Å². The normalized spacial score (nSPS) is 10.5. The summed E-state index contributed by atoms with van der Waals surface area (Å²) in [6, 6.07) is 15.4. The molecule has 0 fully saturated rings. The largest absolute Gasteiger partial charge is 0.497 e. The average molecular weight is 310 g/mol. The van der Waals surface area contributed by atoms with E-state index in [-0.39, 0.29) is 0 Å². The maximum Gasteiger partial charge on any atom is 0.247 e. The van der Waals surface area contributed by atoms with Gasteiger partial charge in [0.25, 0.3) is 0 Å². The first kappa shape index (κ1) is 15.1. The molecule has 3 aromatic rings. The van der Waals surface area contributed by atoms with Crippen molar-refractivity contribution in [1.29, 1.82) is 0 Å². The summed E-state index contributed by atoms with van der Waals surface area (Å²) in [5.74, 6) is 2.68. The minimum Gasteiger partial charge on any atom is -0.497 e. The van der Waals surface area contributed by atoms with Crippen LogP contribution in [0.2, 0.25) is 0 Å². The molecule has 1 aromatic heterocycles. The zero-order chi connectivity index (χ0) is 16.1. The summed E-state index contributed by atoms with van der Waals surface area (Å²) in [5, 5.41) is 8.13. The summed E-state index contributed by atoms with van der Waals surface area (Å²) in [6.07, 6.45) is 0.560. The minimum absolute atomic E-state index is 0.474. The maximum atomic E-state index is 5.66. The Morgan fingerprint density at radius 1 is 0.913 bits per heavy atom. The molecule has 0 saturated heterocycles. The highest BCUT2D eigenvalue weighted by molar-refractivity contribution is 5.52. The molecule has 1 heterocycles. The van der Waals surface area contributed by atoms with Crippen LogP contribution >= 0.6 is 0 Å². The molecule has 2 aromatic carbocycles. The van der Waals surface area contributed by atoms with E-state index in [2.05, 4.69) is 10.2 Å². The Morgan fingerprint density at radius 2 is 1.61 bits per heavy atom. The highest BCUT2D eigenvalue weighted by Crippen LogP contribution is 2.19. The van der Waals surface area contributed by atoms with E-state index >= 15 is 0 Å². The van der Waals surface area contributed by atoms with E-state index < -0.39 is 0 Å². The van der Waals surface area contributed by atoms with Gasteiger partial charge in [-0.05, 0) is 43.3 Å². The molecule has 0 aliphatic carbocycles. The Kier molecular flexibility index (Phi) is 4.57. The lowest BCUT2D eigenvalue weighted by molar-refractivity contribution is 0.306. The lowest BCUT2D eigenvalue weighted by Crippen LogP contribution is -2.01. The second-order valence-electron chi connectivity index (χ2n) is 5.14. The number of aryl methyl sites for hydroxylation is 1. The second-order valence-corrected chi connectivity index (χ2v) is 5.14. The predicted octanol–water partition coefficient (Wildman–Crippen LogP) is 3.68. The molecule has 23 heavy (non-hydrogen) atoms. The molecule has 5 nitrogen and oxygen atoms in total. The van der Waals surface area contributed by atoms with Crippen LogP contribution in [-0.2, 0) is 6.42 Å². The number of methoxy groups -OCH3 is 1. The third-order valence-electron chi connectivity index (χ3n) is 3.41. The molecule has 118 valence electrons. The molecule has 0 bridgehead atoms. The number of benzene rings is 2. The van der Waals surface area contributed by atoms with Crippen LogP contribution < -0.4 is 9.47 Å². The van der Waals surface area contributed by atoms with E-state index in [0.717, 1.165) is 17.1 Å². The second kappa shape index (κ2) is 6.96. The lowest BCUT2D eigenvalue weighted by atomic mass is 10.1. The molecule has 0 aliphatic rings. The molecule has 0 unspecified atom stereocenters. The Morgan fingerprint density at radius 3 is 2.30 bits per heavy atom. The first-order chi connectivity index (χ1) is 11.2. The first-order valence-electron chi connectivity index (χ1n) is 7.41. The van der Waals surface area contributed by atoms with E-state index in [4.69, 9.17) is 13.9 Å². The van der Waals surface area contributed by atoms with Gasteiger partial charge in [-0.2, -0.15) is 0 Å². The summed E-state index contributed by atoms with van der Waals surface area (Å²) in [4.78, 5) is 0. The van der Waals surface area contributed by atoms with Gasteiger partial charge in [0, 0.05) is 5.56 Å². The van der Waals surface area contributed by atoms with Crippen molar-refractivity contribution < 1.29 is 13.9 Å². The molecule has 0 radical (unpaired) electrons. The van der Waals surface area contributed by atoms with Gasteiger partial charge in [0.15, 0.2) is 0 Å². The Balaban J connectivity index is 1.55. The van der Waals surface area contributed by atoms with Gasteiger partial charge in [-0.25, -0.2) is 0 Å². The molecule has 0 saturated carbocycles. The quantitative estimate of drug-likeness (QED) is 0.695. The van der Waals surface area contributed by atoms with Crippen molar-refractivity contribution in [2.24, 2.45) is 0 Å². The summed E-state index contributed by atoms with van der Waals surface area (Å²) >= 11 is 0. The molecule has 3 rings (SSSR count). The number of nitrogens with zero attached hydrogens (tertiary/aromatic N) is 2. The first-order valence-corrected chi connectivity index (χ1v) is 7.41. The molecular formula is C18H18N2O3. The fourth-order valence-electron chi connectivity index (χ4n) is 2.10. The number of hydrogen-bond acceptors (Lipinski definition) is 5. The van der Waals surface area contributed by atoms with E-state index in [0.29, 0.717) is 24.8 Å². The van der Waals surface area contributed by atoms with Gasteiger partial charge >= 0.3 is 0 Å². The van der Waals surface area contributed by atoms with E-state index in [9.17, 15) is 0 Å². The van der Waals surface area contributed by atoms with Crippen molar-refractivity contribution in [3.8, 4) is 23.0 Å². The summed E-state index contributed by atoms with van der Waals surface area (Å²) in [5.41, 5.74) is 2.12. The van der Waals surface area contributed by atoms with Crippen LogP contribution in [0.4, 0.5) is 0 Å². The van der Waals surface area contributed by atoms with Crippen LogP contribution in [-0.4, -0.2) is 23.9 Å². The van der Waals surface area contributed by atoms with Gasteiger partial charge in [-0.3, -0.25) is 0 Å². The van der Waals surface area contributed by atoms with Crippen LogP contribution in [0.25, 0.3) is 11.5 Å². The zero-order valence-corrected chi connectivity index (χ0v) is 13.2. The Hall–Kier alpha value is -2.82. The summed E-state index contributed by atoms with van der Waals surface area (Å²) in [7, 11) is 1.64. The molecule has 0 N–H and O–H groups in total.